The van der Waals surface area contributed by atoms with Crippen LogP contribution in [0.2, 0.25) is 5.02 Å². The lowest BCUT2D eigenvalue weighted by Gasteiger charge is -2.18. The molecule has 0 fully saturated rings. The second-order valence-electron chi connectivity index (χ2n) is 8.47. The topological polar surface area (TPSA) is 122 Å². The minimum absolute atomic E-state index is 0.000574. The highest BCUT2D eigenvalue weighted by molar-refractivity contribution is 7.91. The summed E-state index contributed by atoms with van der Waals surface area (Å²) in [5.74, 6) is -1.37. The highest BCUT2D eigenvalue weighted by Crippen LogP contribution is 2.35. The number of phenolic OH excluding ortho intramolecular Hbond substituents is 1. The van der Waals surface area contributed by atoms with Crippen molar-refractivity contribution < 1.29 is 32.9 Å². The van der Waals surface area contributed by atoms with Gasteiger partial charge in [0, 0.05) is 23.7 Å². The van der Waals surface area contributed by atoms with Crippen LogP contribution in [0.1, 0.15) is 41.4 Å². The largest absolute Gasteiger partial charge is 0.507 e. The van der Waals surface area contributed by atoms with Crippen molar-refractivity contribution in [3.63, 3.8) is 0 Å². The summed E-state index contributed by atoms with van der Waals surface area (Å²) >= 11 is 5.99. The van der Waals surface area contributed by atoms with Gasteiger partial charge in [0.05, 0.1) is 24.7 Å². The van der Waals surface area contributed by atoms with Crippen molar-refractivity contribution >= 4 is 27.4 Å². The molecule has 3 N–H and O–H groups in total. The standard InChI is InChI=1S/C27H30ClNO7S/c1-4-36-27(32)22-14-26(25(35-3)15-23(22)30)37(33,34)21-10-8-18(9-11-21)12-17(2)29-16-24(31)19-6-5-7-20(28)13-19/h5-11,13-15,17,24,29-31H,4,12,16H2,1-3H3/t17-,24-/m1/s1. The molecule has 3 aromatic carbocycles. The molecule has 3 rings (SSSR count). The smallest absolute Gasteiger partial charge is 0.341 e. The zero-order chi connectivity index (χ0) is 27.2. The number of hydrogen-bond acceptors (Lipinski definition) is 8. The van der Waals surface area contributed by atoms with E-state index < -0.39 is 27.7 Å². The minimum atomic E-state index is -4.07. The SMILES string of the molecule is CCOC(=O)c1cc(S(=O)(=O)c2ccc(C[C@@H](C)NC[C@@H](O)c3cccc(Cl)c3)cc2)c(OC)cc1O. The van der Waals surface area contributed by atoms with Gasteiger partial charge in [-0.05, 0) is 61.7 Å². The van der Waals surface area contributed by atoms with Crippen LogP contribution in [0.3, 0.4) is 0 Å². The van der Waals surface area contributed by atoms with E-state index in [0.29, 0.717) is 18.0 Å². The van der Waals surface area contributed by atoms with Gasteiger partial charge >= 0.3 is 5.97 Å². The predicted molar refractivity (Wildman–Crippen MR) is 140 cm³/mol. The first-order chi connectivity index (χ1) is 17.6. The zero-order valence-electron chi connectivity index (χ0n) is 20.8. The number of carbonyl (C=O) groups is 1. The number of methoxy groups -OCH3 is 1. The van der Waals surface area contributed by atoms with Crippen molar-refractivity contribution in [3.8, 4) is 11.5 Å². The molecule has 8 nitrogen and oxygen atoms in total. The average Bonchev–Trinajstić information content (AvgIpc) is 2.87. The van der Waals surface area contributed by atoms with E-state index in [-0.39, 0.29) is 33.8 Å². The van der Waals surface area contributed by atoms with E-state index in [0.717, 1.165) is 23.3 Å². The monoisotopic (exact) mass is 547 g/mol. The van der Waals surface area contributed by atoms with Crippen molar-refractivity contribution in [2.75, 3.05) is 20.3 Å². The summed E-state index contributed by atoms with van der Waals surface area (Å²) in [5.41, 5.74) is 1.34. The number of ether oxygens (including phenoxy) is 2. The quantitative estimate of drug-likeness (QED) is 0.303. The highest BCUT2D eigenvalue weighted by Gasteiger charge is 2.27. The van der Waals surface area contributed by atoms with Gasteiger partial charge in [-0.1, -0.05) is 35.9 Å². The van der Waals surface area contributed by atoms with Crippen molar-refractivity contribution in [2.24, 2.45) is 0 Å². The summed E-state index contributed by atoms with van der Waals surface area (Å²) < 4.78 is 36.8. The lowest BCUT2D eigenvalue weighted by molar-refractivity contribution is 0.0522. The first-order valence-electron chi connectivity index (χ1n) is 11.7. The molecule has 0 bridgehead atoms. The van der Waals surface area contributed by atoms with Crippen LogP contribution in [-0.2, 0) is 21.0 Å². The summed E-state index contributed by atoms with van der Waals surface area (Å²) in [4.78, 5) is 11.9. The van der Waals surface area contributed by atoms with E-state index in [1.54, 1.807) is 43.3 Å². The van der Waals surface area contributed by atoms with E-state index in [4.69, 9.17) is 21.1 Å². The van der Waals surface area contributed by atoms with Crippen LogP contribution in [0, 0.1) is 0 Å². The van der Waals surface area contributed by atoms with Gasteiger partial charge in [-0.15, -0.1) is 0 Å². The molecule has 0 amide bonds. The number of aliphatic hydroxyl groups is 1. The lowest BCUT2D eigenvalue weighted by atomic mass is 10.1. The molecule has 0 aliphatic carbocycles. The Bertz CT molecular complexity index is 1340. The third-order valence-electron chi connectivity index (χ3n) is 5.74. The van der Waals surface area contributed by atoms with Crippen LogP contribution in [0.25, 0.3) is 0 Å². The number of esters is 1. The fourth-order valence-corrected chi connectivity index (χ4v) is 5.42. The Labute approximate surface area is 221 Å². The van der Waals surface area contributed by atoms with E-state index in [9.17, 15) is 23.4 Å². The van der Waals surface area contributed by atoms with Crippen LogP contribution in [-0.4, -0.2) is 50.9 Å². The van der Waals surface area contributed by atoms with Gasteiger partial charge in [0.1, 0.15) is 22.0 Å². The Morgan fingerprint density at radius 3 is 2.43 bits per heavy atom. The number of phenols is 1. The zero-order valence-corrected chi connectivity index (χ0v) is 22.3. The number of sulfone groups is 1. The molecule has 10 heteroatoms. The van der Waals surface area contributed by atoms with Crippen LogP contribution in [0.5, 0.6) is 11.5 Å². The Morgan fingerprint density at radius 1 is 1.11 bits per heavy atom. The van der Waals surface area contributed by atoms with Crippen LogP contribution >= 0.6 is 11.6 Å². The summed E-state index contributed by atoms with van der Waals surface area (Å²) in [6.45, 7) is 3.97. The average molecular weight is 548 g/mol. The van der Waals surface area contributed by atoms with Crippen molar-refractivity contribution in [2.45, 2.75) is 42.2 Å². The van der Waals surface area contributed by atoms with E-state index >= 15 is 0 Å². The second-order valence-corrected chi connectivity index (χ2v) is 10.8. The van der Waals surface area contributed by atoms with E-state index in [2.05, 4.69) is 5.32 Å². The van der Waals surface area contributed by atoms with Crippen molar-refractivity contribution in [3.05, 3.63) is 82.4 Å². The summed E-state index contributed by atoms with van der Waals surface area (Å²) in [6, 6.07) is 15.6. The fraction of sp³-hybridized carbons (Fsp3) is 0.296. The Morgan fingerprint density at radius 2 is 1.81 bits per heavy atom. The molecule has 37 heavy (non-hydrogen) atoms. The molecule has 0 radical (unpaired) electrons. The maximum Gasteiger partial charge on any atom is 0.341 e. The maximum absolute atomic E-state index is 13.4. The van der Waals surface area contributed by atoms with Gasteiger partial charge in [-0.25, -0.2) is 13.2 Å². The Balaban J connectivity index is 1.73. The van der Waals surface area contributed by atoms with Gasteiger partial charge in [-0.2, -0.15) is 0 Å². The molecular weight excluding hydrogens is 518 g/mol. The molecule has 0 aliphatic rings. The predicted octanol–water partition coefficient (Wildman–Crippen LogP) is 4.32. The molecule has 0 spiro atoms. The maximum atomic E-state index is 13.4. The lowest BCUT2D eigenvalue weighted by Crippen LogP contribution is -2.32. The number of benzene rings is 3. The van der Waals surface area contributed by atoms with Gasteiger partial charge in [0.25, 0.3) is 0 Å². The molecule has 0 saturated carbocycles. The number of aromatic hydroxyl groups is 1. The Hall–Kier alpha value is -3.11. The van der Waals surface area contributed by atoms with Crippen molar-refractivity contribution in [1.82, 2.24) is 5.32 Å². The van der Waals surface area contributed by atoms with Gasteiger partial charge in [0.2, 0.25) is 9.84 Å². The van der Waals surface area contributed by atoms with Crippen LogP contribution in [0.15, 0.2) is 70.5 Å². The molecule has 2 atom stereocenters. The van der Waals surface area contributed by atoms with E-state index in [1.807, 2.05) is 6.92 Å². The summed E-state index contributed by atoms with van der Waals surface area (Å²) in [7, 11) is -2.80. The van der Waals surface area contributed by atoms with Gasteiger partial charge in [0.15, 0.2) is 0 Å². The van der Waals surface area contributed by atoms with Gasteiger partial charge in [-0.3, -0.25) is 0 Å². The molecule has 0 saturated heterocycles. The third-order valence-corrected chi connectivity index (χ3v) is 7.76. The van der Waals surface area contributed by atoms with E-state index in [1.165, 1.54) is 19.2 Å². The molecule has 198 valence electrons. The summed E-state index contributed by atoms with van der Waals surface area (Å²) in [5, 5.41) is 24.4. The molecular formula is C27H30ClNO7S. The normalized spacial score (nSPS) is 13.1. The number of carbonyl (C=O) groups excluding carboxylic acids is 1. The Kier molecular flexibility index (Phi) is 9.56. The first kappa shape index (κ1) is 28.5. The number of halogens is 1. The van der Waals surface area contributed by atoms with Crippen LogP contribution in [0.4, 0.5) is 0 Å². The number of aliphatic hydroxyl groups excluding tert-OH is 1. The fourth-order valence-electron chi connectivity index (χ4n) is 3.79. The van der Waals surface area contributed by atoms with Gasteiger partial charge < -0.3 is 25.0 Å². The molecule has 0 aliphatic heterocycles. The first-order valence-corrected chi connectivity index (χ1v) is 13.5. The molecule has 3 aromatic rings. The number of rotatable bonds is 11. The molecule has 0 aromatic heterocycles. The minimum Gasteiger partial charge on any atom is -0.507 e. The molecule has 0 heterocycles. The van der Waals surface area contributed by atoms with Crippen molar-refractivity contribution in [1.29, 1.82) is 0 Å². The highest BCUT2D eigenvalue weighted by atomic mass is 35.5. The second kappa shape index (κ2) is 12.4. The number of nitrogens with one attached hydrogen (secondary N) is 1. The number of hydrogen-bond donors (Lipinski definition) is 3. The third kappa shape index (κ3) is 7.01. The molecule has 0 unspecified atom stereocenters. The van der Waals surface area contributed by atoms with Crippen LogP contribution < -0.4 is 10.1 Å². The summed E-state index contributed by atoms with van der Waals surface area (Å²) in [6.07, 6.45) is -0.119.